The Balaban J connectivity index is 2.13. The van der Waals surface area contributed by atoms with Crippen LogP contribution in [-0.2, 0) is 33.8 Å². The maximum atomic E-state index is 13.4. The number of piperidine rings is 1. The van der Waals surface area contributed by atoms with E-state index >= 15 is 0 Å². The quantitative estimate of drug-likeness (QED) is 0.357. The number of ether oxygens (including phenoxy) is 3. The van der Waals surface area contributed by atoms with E-state index in [9.17, 15) is 18.0 Å². The van der Waals surface area contributed by atoms with Gasteiger partial charge >= 0.3 is 5.97 Å². The molecule has 0 aromatic rings. The first-order chi connectivity index (χ1) is 12.6. The summed E-state index contributed by atoms with van der Waals surface area (Å²) in [5.74, 6) is -0.692. The van der Waals surface area contributed by atoms with Crippen LogP contribution < -0.4 is 0 Å². The normalized spacial score (nSPS) is 22.3. The maximum absolute atomic E-state index is 13.4. The van der Waals surface area contributed by atoms with Crippen molar-refractivity contribution in [3.8, 4) is 0 Å². The molecule has 27 heavy (non-hydrogen) atoms. The largest absolute Gasteiger partial charge is 0.459 e. The van der Waals surface area contributed by atoms with Crippen molar-refractivity contribution >= 4 is 22.3 Å². The van der Waals surface area contributed by atoms with Crippen molar-refractivity contribution in [3.05, 3.63) is 0 Å². The third kappa shape index (κ3) is 5.28. The average Bonchev–Trinajstić information content (AvgIpc) is 2.61. The van der Waals surface area contributed by atoms with E-state index < -0.39 is 26.3 Å². The standard InChI is InChI=1S/C18H31NO7S/c1-17(2,3)26-16(21)18(7-13-24-14-8-18)27(22,23)19-9-5-15(6-10-19)25-12-4-11-20/h11,15H,4-10,12-14H2,1-3H3. The van der Waals surface area contributed by atoms with Crippen molar-refractivity contribution in [2.24, 2.45) is 0 Å². The molecule has 156 valence electrons. The van der Waals surface area contributed by atoms with Gasteiger partial charge in [0.2, 0.25) is 10.0 Å². The summed E-state index contributed by atoms with van der Waals surface area (Å²) >= 11 is 0. The van der Waals surface area contributed by atoms with Gasteiger partial charge in [-0.15, -0.1) is 0 Å². The minimum Gasteiger partial charge on any atom is -0.459 e. The highest BCUT2D eigenvalue weighted by Gasteiger charge is 2.56. The van der Waals surface area contributed by atoms with Crippen molar-refractivity contribution in [2.45, 2.75) is 69.3 Å². The van der Waals surface area contributed by atoms with Crippen LogP contribution in [0.1, 0.15) is 52.9 Å². The van der Waals surface area contributed by atoms with Crippen molar-refractivity contribution in [2.75, 3.05) is 32.9 Å². The van der Waals surface area contributed by atoms with Gasteiger partial charge in [0.15, 0.2) is 4.75 Å². The number of carbonyl (C=O) groups is 2. The van der Waals surface area contributed by atoms with E-state index in [1.807, 2.05) is 0 Å². The van der Waals surface area contributed by atoms with E-state index in [-0.39, 0.29) is 32.2 Å². The number of sulfonamides is 1. The van der Waals surface area contributed by atoms with E-state index in [2.05, 4.69) is 0 Å². The Morgan fingerprint density at radius 3 is 2.33 bits per heavy atom. The van der Waals surface area contributed by atoms with E-state index in [0.29, 0.717) is 39.0 Å². The number of hydrogen-bond acceptors (Lipinski definition) is 7. The molecule has 0 aliphatic carbocycles. The fourth-order valence-corrected chi connectivity index (χ4v) is 5.53. The predicted octanol–water partition coefficient (Wildman–Crippen LogP) is 1.28. The molecule has 0 radical (unpaired) electrons. The van der Waals surface area contributed by atoms with Crippen LogP contribution in [0.4, 0.5) is 0 Å². The molecular formula is C18H31NO7S. The summed E-state index contributed by atoms with van der Waals surface area (Å²) in [6.45, 7) is 6.54. The van der Waals surface area contributed by atoms with E-state index in [0.717, 1.165) is 6.29 Å². The lowest BCUT2D eigenvalue weighted by Crippen LogP contribution is -2.59. The highest BCUT2D eigenvalue weighted by Crippen LogP contribution is 2.36. The van der Waals surface area contributed by atoms with Crippen molar-refractivity contribution in [3.63, 3.8) is 0 Å². The topological polar surface area (TPSA) is 99.2 Å². The number of rotatable bonds is 7. The zero-order chi connectivity index (χ0) is 20.1. The van der Waals surface area contributed by atoms with Gasteiger partial charge in [0.25, 0.3) is 0 Å². The smallest absolute Gasteiger partial charge is 0.329 e. The zero-order valence-electron chi connectivity index (χ0n) is 16.4. The number of carbonyl (C=O) groups excluding carboxylic acids is 2. The van der Waals surface area contributed by atoms with Crippen molar-refractivity contribution in [1.82, 2.24) is 4.31 Å². The Morgan fingerprint density at radius 1 is 1.22 bits per heavy atom. The molecule has 8 nitrogen and oxygen atoms in total. The van der Waals surface area contributed by atoms with Crippen LogP contribution in [0.2, 0.25) is 0 Å². The summed E-state index contributed by atoms with van der Waals surface area (Å²) < 4.78 is 43.1. The molecule has 2 aliphatic heterocycles. The van der Waals surface area contributed by atoms with E-state index in [1.54, 1.807) is 20.8 Å². The molecule has 0 aromatic carbocycles. The third-order valence-corrected chi connectivity index (χ3v) is 7.50. The SMILES string of the molecule is CC(C)(C)OC(=O)C1(S(=O)(=O)N2CCC(OCCC=O)CC2)CCOCC1. The second-order valence-electron chi connectivity index (χ2n) is 8.04. The predicted molar refractivity (Wildman–Crippen MR) is 98.8 cm³/mol. The highest BCUT2D eigenvalue weighted by molar-refractivity contribution is 7.91. The van der Waals surface area contributed by atoms with Crippen LogP contribution in [0.25, 0.3) is 0 Å². The molecule has 2 aliphatic rings. The number of nitrogens with zero attached hydrogens (tertiary/aromatic N) is 1. The first-order valence-corrected chi connectivity index (χ1v) is 10.9. The van der Waals surface area contributed by atoms with Crippen LogP contribution in [0.5, 0.6) is 0 Å². The molecule has 0 atom stereocenters. The minimum absolute atomic E-state index is 0.0661. The molecule has 0 amide bonds. The molecule has 9 heteroatoms. The molecule has 0 spiro atoms. The molecule has 0 bridgehead atoms. The number of aldehydes is 1. The van der Waals surface area contributed by atoms with Crippen LogP contribution in [0.15, 0.2) is 0 Å². The van der Waals surface area contributed by atoms with Gasteiger partial charge < -0.3 is 19.0 Å². The Labute approximate surface area is 161 Å². The van der Waals surface area contributed by atoms with Gasteiger partial charge in [-0.05, 0) is 33.6 Å². The Bertz CT molecular complexity index is 612. The van der Waals surface area contributed by atoms with Gasteiger partial charge in [-0.3, -0.25) is 4.79 Å². The molecule has 2 saturated heterocycles. The lowest BCUT2D eigenvalue weighted by Gasteiger charge is -2.41. The molecule has 0 N–H and O–H groups in total. The fourth-order valence-electron chi connectivity index (χ4n) is 3.41. The summed E-state index contributed by atoms with van der Waals surface area (Å²) in [7, 11) is -3.90. The summed E-state index contributed by atoms with van der Waals surface area (Å²) in [6.07, 6.45) is 2.34. The van der Waals surface area contributed by atoms with E-state index in [4.69, 9.17) is 14.2 Å². The van der Waals surface area contributed by atoms with Gasteiger partial charge in [0.05, 0.1) is 12.7 Å². The first kappa shape index (κ1) is 22.3. The van der Waals surface area contributed by atoms with Crippen molar-refractivity contribution in [1.29, 1.82) is 0 Å². The molecule has 0 unspecified atom stereocenters. The number of hydrogen-bond donors (Lipinski definition) is 0. The molecule has 2 fully saturated rings. The lowest BCUT2D eigenvalue weighted by atomic mass is 9.99. The van der Waals surface area contributed by atoms with Crippen LogP contribution in [-0.4, -0.2) is 74.3 Å². The van der Waals surface area contributed by atoms with Gasteiger partial charge in [-0.25, -0.2) is 12.7 Å². The molecule has 2 heterocycles. The molecule has 2 rings (SSSR count). The second-order valence-corrected chi connectivity index (χ2v) is 10.3. The third-order valence-electron chi connectivity index (χ3n) is 4.90. The van der Waals surface area contributed by atoms with Gasteiger partial charge in [-0.2, -0.15) is 0 Å². The minimum atomic E-state index is -3.90. The second kappa shape index (κ2) is 8.98. The first-order valence-electron chi connectivity index (χ1n) is 9.48. The Kier molecular flexibility index (Phi) is 7.40. The van der Waals surface area contributed by atoms with Gasteiger partial charge in [0, 0.05) is 45.6 Å². The maximum Gasteiger partial charge on any atom is 0.329 e. The summed E-state index contributed by atoms with van der Waals surface area (Å²) in [6, 6.07) is 0. The fraction of sp³-hybridized carbons (Fsp3) is 0.889. The number of esters is 1. The lowest BCUT2D eigenvalue weighted by molar-refractivity contribution is -0.161. The average molecular weight is 406 g/mol. The van der Waals surface area contributed by atoms with Crippen LogP contribution >= 0.6 is 0 Å². The van der Waals surface area contributed by atoms with E-state index in [1.165, 1.54) is 4.31 Å². The molecule has 0 saturated carbocycles. The Hall–Kier alpha value is -1.03. The Morgan fingerprint density at radius 2 is 1.81 bits per heavy atom. The zero-order valence-corrected chi connectivity index (χ0v) is 17.3. The van der Waals surface area contributed by atoms with Gasteiger partial charge in [0.1, 0.15) is 11.9 Å². The van der Waals surface area contributed by atoms with Crippen molar-refractivity contribution < 1.29 is 32.2 Å². The summed E-state index contributed by atoms with van der Waals surface area (Å²) in [5.41, 5.74) is -0.767. The highest BCUT2D eigenvalue weighted by atomic mass is 32.2. The van der Waals surface area contributed by atoms with Crippen LogP contribution in [0.3, 0.4) is 0 Å². The summed E-state index contributed by atoms with van der Waals surface area (Å²) in [4.78, 5) is 23.3. The van der Waals surface area contributed by atoms with Gasteiger partial charge in [-0.1, -0.05) is 0 Å². The summed E-state index contributed by atoms with van der Waals surface area (Å²) in [5, 5.41) is 0. The molecular weight excluding hydrogens is 374 g/mol. The van der Waals surface area contributed by atoms with Crippen LogP contribution in [0, 0.1) is 0 Å². The monoisotopic (exact) mass is 405 g/mol. The molecule has 0 aromatic heterocycles.